The molecule has 0 aliphatic carbocycles. The van der Waals surface area contributed by atoms with E-state index in [0.717, 1.165) is 7.11 Å². The molecule has 1 fully saturated rings. The molecule has 1 aromatic rings. The second-order valence-corrected chi connectivity index (χ2v) is 7.83. The molecular weight excluding hydrogens is 458 g/mol. The normalized spacial score (nSPS) is 20.6. The molecular formula is C12H12K2N2O9S2. The Morgan fingerprint density at radius 2 is 1.70 bits per heavy atom. The van der Waals surface area contributed by atoms with Crippen LogP contribution in [0.2, 0.25) is 0 Å². The first-order valence-corrected chi connectivity index (χ1v) is 9.41. The summed E-state index contributed by atoms with van der Waals surface area (Å²) in [7, 11) is -9.33. The smallest absolute Gasteiger partial charge is 0.747 e. The van der Waals surface area contributed by atoms with Gasteiger partial charge in [0.25, 0.3) is 5.91 Å². The van der Waals surface area contributed by atoms with Crippen LogP contribution < -0.4 is 108 Å². The van der Waals surface area contributed by atoms with E-state index in [2.05, 4.69) is 0 Å². The molecule has 0 aromatic heterocycles. The van der Waals surface area contributed by atoms with Gasteiger partial charge in [0.15, 0.2) is 15.6 Å². The summed E-state index contributed by atoms with van der Waals surface area (Å²) < 4.78 is 71.6. The van der Waals surface area contributed by atoms with Gasteiger partial charge in [0.05, 0.1) is 6.54 Å². The largest absolute Gasteiger partial charge is 1.00 e. The van der Waals surface area contributed by atoms with Crippen molar-refractivity contribution in [3.8, 4) is 0 Å². The quantitative estimate of drug-likeness (QED) is 0.183. The summed E-state index contributed by atoms with van der Waals surface area (Å²) in [6.07, 6.45) is 0. The van der Waals surface area contributed by atoms with Crippen molar-refractivity contribution in [3.05, 3.63) is 35.9 Å². The summed E-state index contributed by atoms with van der Waals surface area (Å²) in [6, 6.07) is 6.76. The third-order valence-electron chi connectivity index (χ3n) is 3.51. The Kier molecular flexibility index (Phi) is 11.0. The Morgan fingerprint density at radius 1 is 1.19 bits per heavy atom. The maximum absolute atomic E-state index is 12.3. The van der Waals surface area contributed by atoms with Crippen LogP contribution in [0.25, 0.3) is 0 Å². The number of hydrogen-bond acceptors (Lipinski definition) is 9. The molecule has 1 N–H and O–H groups in total. The minimum atomic E-state index is -5.16. The van der Waals surface area contributed by atoms with Crippen LogP contribution in [0.5, 0.6) is 0 Å². The first-order chi connectivity index (χ1) is 11.4. The van der Waals surface area contributed by atoms with Crippen LogP contribution in [0.3, 0.4) is 0 Å². The first kappa shape index (κ1) is 28.2. The SMILES string of the molecule is COC1(NC(=O)C(c2ccccc2)S(=O)(=O)[O-])CN(S(=O)(=O)[O-])C1=O.[K+].[K+]. The molecule has 15 heteroatoms. The van der Waals surface area contributed by atoms with Gasteiger partial charge in [-0.3, -0.25) is 9.59 Å². The molecule has 2 atom stereocenters. The van der Waals surface area contributed by atoms with Crippen LogP contribution in [0.1, 0.15) is 10.8 Å². The zero-order valence-electron chi connectivity index (χ0n) is 14.6. The van der Waals surface area contributed by atoms with Crippen molar-refractivity contribution in [1.29, 1.82) is 0 Å². The van der Waals surface area contributed by atoms with Crippen LogP contribution in [-0.4, -0.2) is 61.4 Å². The van der Waals surface area contributed by atoms with E-state index in [1.807, 2.05) is 5.32 Å². The molecule has 1 aliphatic rings. The molecule has 138 valence electrons. The van der Waals surface area contributed by atoms with Gasteiger partial charge in [0, 0.05) is 7.11 Å². The zero-order valence-corrected chi connectivity index (χ0v) is 22.5. The predicted molar refractivity (Wildman–Crippen MR) is 78.2 cm³/mol. The summed E-state index contributed by atoms with van der Waals surface area (Å²) >= 11 is 0. The van der Waals surface area contributed by atoms with Crippen molar-refractivity contribution in [2.24, 2.45) is 0 Å². The molecule has 2 unspecified atom stereocenters. The molecule has 1 aromatic carbocycles. The minimum absolute atomic E-state index is 0. The van der Waals surface area contributed by atoms with E-state index in [0.29, 0.717) is 0 Å². The number of carbonyl (C=O) groups is 2. The monoisotopic (exact) mass is 470 g/mol. The van der Waals surface area contributed by atoms with Gasteiger partial charge < -0.3 is 19.2 Å². The molecule has 0 bridgehead atoms. The van der Waals surface area contributed by atoms with Crippen molar-refractivity contribution in [1.82, 2.24) is 9.62 Å². The van der Waals surface area contributed by atoms with E-state index >= 15 is 0 Å². The molecule has 0 spiro atoms. The van der Waals surface area contributed by atoms with Crippen molar-refractivity contribution in [3.63, 3.8) is 0 Å². The van der Waals surface area contributed by atoms with Gasteiger partial charge in [-0.15, -0.1) is 0 Å². The second kappa shape index (κ2) is 10.5. The van der Waals surface area contributed by atoms with Crippen LogP contribution in [0, 0.1) is 0 Å². The number of nitrogens with one attached hydrogen (secondary N) is 1. The van der Waals surface area contributed by atoms with Gasteiger partial charge in [-0.2, -0.15) is 0 Å². The molecule has 2 amide bonds. The Labute approximate surface area is 241 Å². The van der Waals surface area contributed by atoms with Crippen molar-refractivity contribution >= 4 is 32.2 Å². The van der Waals surface area contributed by atoms with Crippen molar-refractivity contribution in [2.75, 3.05) is 13.7 Å². The van der Waals surface area contributed by atoms with E-state index in [4.69, 9.17) is 4.74 Å². The van der Waals surface area contributed by atoms with E-state index in [1.165, 1.54) is 30.3 Å². The summed E-state index contributed by atoms with van der Waals surface area (Å²) in [6.45, 7) is -0.847. The Balaban J connectivity index is 0.00000338. The molecule has 27 heavy (non-hydrogen) atoms. The number of methoxy groups -OCH3 is 1. The molecule has 11 nitrogen and oxygen atoms in total. The number of rotatable bonds is 6. The molecule has 2 rings (SSSR count). The summed E-state index contributed by atoms with van der Waals surface area (Å²) in [4.78, 5) is 24.2. The fourth-order valence-electron chi connectivity index (χ4n) is 2.27. The molecule has 1 aliphatic heterocycles. The third-order valence-corrected chi connectivity index (χ3v) is 5.41. The summed E-state index contributed by atoms with van der Waals surface area (Å²) in [5, 5.41) is -0.287. The fraction of sp³-hybridized carbons (Fsp3) is 0.333. The molecule has 1 heterocycles. The van der Waals surface area contributed by atoms with Crippen molar-refractivity contribution in [2.45, 2.75) is 11.0 Å². The molecule has 0 saturated carbocycles. The van der Waals surface area contributed by atoms with E-state index in [1.54, 1.807) is 0 Å². The van der Waals surface area contributed by atoms with Gasteiger partial charge in [0.2, 0.25) is 11.6 Å². The van der Waals surface area contributed by atoms with Gasteiger partial charge in [0.1, 0.15) is 10.1 Å². The average Bonchev–Trinajstić information content (AvgIpc) is 2.49. The summed E-state index contributed by atoms with van der Waals surface area (Å²) in [5.74, 6) is -2.78. The van der Waals surface area contributed by atoms with Crippen LogP contribution in [0.4, 0.5) is 0 Å². The summed E-state index contributed by atoms with van der Waals surface area (Å²) in [5.41, 5.74) is -2.40. The van der Waals surface area contributed by atoms with E-state index in [-0.39, 0.29) is 113 Å². The minimum Gasteiger partial charge on any atom is -0.747 e. The topological polar surface area (TPSA) is 173 Å². The number of nitrogens with zero attached hydrogens (tertiary/aromatic N) is 1. The first-order valence-electron chi connectivity index (χ1n) is 6.57. The van der Waals surface area contributed by atoms with E-state index in [9.17, 15) is 35.5 Å². The van der Waals surface area contributed by atoms with Crippen LogP contribution in [-0.2, 0) is 34.7 Å². The third kappa shape index (κ3) is 6.35. The zero-order chi connectivity index (χ0) is 19.0. The molecule has 0 radical (unpaired) electrons. The number of β-lactam (4-membered cyclic amide) rings is 1. The van der Waals surface area contributed by atoms with Crippen LogP contribution >= 0.6 is 0 Å². The Morgan fingerprint density at radius 3 is 2.07 bits per heavy atom. The Bertz CT molecular complexity index is 908. The Hall–Kier alpha value is 1.21. The van der Waals surface area contributed by atoms with Crippen LogP contribution in [0.15, 0.2) is 30.3 Å². The maximum atomic E-state index is 12.3. The van der Waals surface area contributed by atoms with Gasteiger partial charge in [-0.05, 0) is 5.56 Å². The maximum Gasteiger partial charge on any atom is 1.00 e. The van der Waals surface area contributed by atoms with Gasteiger partial charge in [-0.1, -0.05) is 30.3 Å². The number of benzene rings is 1. The number of carbonyl (C=O) groups excluding carboxylic acids is 2. The van der Waals surface area contributed by atoms with Crippen molar-refractivity contribution < 1.29 is 143 Å². The standard InChI is InChI=1S/C12H14N2O9S2.2K/c1-23-12(7-14(11(12)16)25(20,21)22)13-10(15)9(24(17,18)19)8-5-3-2-4-6-8;;/h2-6,9H,7H2,1H3,(H,13,15)(H,17,18,19)(H,20,21,22);;/q;2*+1/p-2. The van der Waals surface area contributed by atoms with Gasteiger partial charge in [-0.25, -0.2) is 21.1 Å². The molecule has 1 saturated heterocycles. The fourth-order valence-corrected chi connectivity index (χ4v) is 3.77. The number of amides is 2. The predicted octanol–water partition coefficient (Wildman–Crippen LogP) is -7.96. The van der Waals surface area contributed by atoms with E-state index < -0.39 is 49.8 Å². The number of hydrogen-bond donors (Lipinski definition) is 1. The van der Waals surface area contributed by atoms with Gasteiger partial charge >= 0.3 is 103 Å². The second-order valence-electron chi connectivity index (χ2n) is 5.07. The average molecular weight is 471 g/mol. The number of ether oxygens (including phenoxy) is 1.